The Balaban J connectivity index is 0.00000169. The van der Waals surface area contributed by atoms with Gasteiger partial charge in [-0.1, -0.05) is 11.6 Å². The van der Waals surface area contributed by atoms with E-state index in [0.29, 0.717) is 29.6 Å². The highest BCUT2D eigenvalue weighted by molar-refractivity contribution is 6.32. The molecule has 9 heteroatoms. The van der Waals surface area contributed by atoms with Gasteiger partial charge in [-0.15, -0.1) is 24.8 Å². The van der Waals surface area contributed by atoms with Crippen molar-refractivity contribution >= 4 is 47.7 Å². The van der Waals surface area contributed by atoms with E-state index in [2.05, 4.69) is 10.3 Å². The molecule has 0 saturated carbocycles. The number of pyridine rings is 1. The molecule has 3 aromatic rings. The van der Waals surface area contributed by atoms with E-state index < -0.39 is 0 Å². The number of halogens is 3. The lowest BCUT2D eigenvalue weighted by Gasteiger charge is -2.10. The molecule has 0 atom stereocenters. The Bertz CT molecular complexity index is 871. The van der Waals surface area contributed by atoms with Crippen molar-refractivity contribution in [2.45, 2.75) is 0 Å². The number of nitrogens with two attached hydrogens (primary N) is 1. The molecule has 6 nitrogen and oxygen atoms in total. The van der Waals surface area contributed by atoms with Gasteiger partial charge in [0, 0.05) is 48.9 Å². The molecule has 2 aromatic heterocycles. The van der Waals surface area contributed by atoms with Gasteiger partial charge in [0.2, 0.25) is 0 Å². The summed E-state index contributed by atoms with van der Waals surface area (Å²) in [6, 6.07) is 7.51. The van der Waals surface area contributed by atoms with Crippen molar-refractivity contribution in [2.24, 2.45) is 5.73 Å². The number of benzene rings is 1. The lowest BCUT2D eigenvalue weighted by atomic mass is 10.1. The molecule has 3 N–H and O–H groups in total. The van der Waals surface area contributed by atoms with E-state index in [9.17, 15) is 0 Å². The molecule has 0 bridgehead atoms. The number of rotatable bonds is 6. The summed E-state index contributed by atoms with van der Waals surface area (Å²) in [6.45, 7) is 1.29. The maximum Gasteiger partial charge on any atom is 0.141 e. The van der Waals surface area contributed by atoms with Crippen molar-refractivity contribution in [1.82, 2.24) is 9.38 Å². The average Bonchev–Trinajstić information content (AvgIpc) is 3.02. The van der Waals surface area contributed by atoms with Crippen LogP contribution >= 0.6 is 36.4 Å². The predicted molar refractivity (Wildman–Crippen MR) is 111 cm³/mol. The Morgan fingerprint density at radius 2 is 1.88 bits per heavy atom. The molecule has 142 valence electrons. The first-order valence-corrected chi connectivity index (χ1v) is 7.88. The highest BCUT2D eigenvalue weighted by Crippen LogP contribution is 2.38. The molecule has 0 radical (unpaired) electrons. The summed E-state index contributed by atoms with van der Waals surface area (Å²) in [5.41, 5.74) is 8.90. The van der Waals surface area contributed by atoms with Crippen molar-refractivity contribution in [3.63, 3.8) is 0 Å². The first-order chi connectivity index (χ1) is 11.7. The summed E-state index contributed by atoms with van der Waals surface area (Å²) in [5, 5.41) is 3.75. The van der Waals surface area contributed by atoms with E-state index in [4.69, 9.17) is 26.8 Å². The van der Waals surface area contributed by atoms with Gasteiger partial charge in [0.1, 0.15) is 17.1 Å². The molecule has 0 spiro atoms. The minimum absolute atomic E-state index is 0. The number of hydrogen-bond acceptors (Lipinski definition) is 5. The Labute approximate surface area is 169 Å². The van der Waals surface area contributed by atoms with Gasteiger partial charge >= 0.3 is 0 Å². The standard InChI is InChI=1S/C17H19ClN4O2.2ClH/c1-23-15-9-16(24-2)13(18)8-12(15)14-10-22-6-3-11(20-5-4-19)7-17(22)21-14;;/h3,6-10,20H,4-5,19H2,1-2H3;2*1H. The molecule has 0 unspecified atom stereocenters. The Hall–Kier alpha value is -1.86. The lowest BCUT2D eigenvalue weighted by Crippen LogP contribution is -2.13. The van der Waals surface area contributed by atoms with E-state index >= 15 is 0 Å². The fourth-order valence-corrected chi connectivity index (χ4v) is 2.74. The number of nitrogens with one attached hydrogen (secondary N) is 1. The molecular weight excluding hydrogens is 399 g/mol. The van der Waals surface area contributed by atoms with Crippen LogP contribution in [-0.4, -0.2) is 36.7 Å². The van der Waals surface area contributed by atoms with Gasteiger partial charge in [0.05, 0.1) is 24.9 Å². The minimum Gasteiger partial charge on any atom is -0.496 e. The first kappa shape index (κ1) is 22.2. The molecule has 0 aliphatic rings. The van der Waals surface area contributed by atoms with Crippen molar-refractivity contribution in [1.29, 1.82) is 0 Å². The summed E-state index contributed by atoms with van der Waals surface area (Å²) < 4.78 is 12.6. The van der Waals surface area contributed by atoms with Gasteiger partial charge in [0.15, 0.2) is 0 Å². The molecule has 3 rings (SSSR count). The van der Waals surface area contributed by atoms with Crippen LogP contribution in [0, 0.1) is 0 Å². The zero-order valence-corrected chi connectivity index (χ0v) is 16.7. The van der Waals surface area contributed by atoms with Gasteiger partial charge in [-0.2, -0.15) is 0 Å². The quantitative estimate of drug-likeness (QED) is 0.634. The second-order valence-corrected chi connectivity index (χ2v) is 5.62. The van der Waals surface area contributed by atoms with Gasteiger partial charge in [0.25, 0.3) is 0 Å². The van der Waals surface area contributed by atoms with E-state index in [-0.39, 0.29) is 24.8 Å². The molecule has 0 aliphatic heterocycles. The second kappa shape index (κ2) is 9.73. The summed E-state index contributed by atoms with van der Waals surface area (Å²) >= 11 is 6.25. The van der Waals surface area contributed by atoms with Crippen molar-refractivity contribution in [3.8, 4) is 22.8 Å². The van der Waals surface area contributed by atoms with Crippen LogP contribution in [0.2, 0.25) is 5.02 Å². The fraction of sp³-hybridized carbons (Fsp3) is 0.235. The van der Waals surface area contributed by atoms with E-state index in [1.165, 1.54) is 0 Å². The maximum atomic E-state index is 6.25. The number of anilines is 1. The summed E-state index contributed by atoms with van der Waals surface area (Å²) in [7, 11) is 3.18. The van der Waals surface area contributed by atoms with Gasteiger partial charge in [-0.3, -0.25) is 0 Å². The van der Waals surface area contributed by atoms with E-state index in [0.717, 1.165) is 22.6 Å². The van der Waals surface area contributed by atoms with Crippen molar-refractivity contribution in [2.75, 3.05) is 32.6 Å². The largest absolute Gasteiger partial charge is 0.496 e. The van der Waals surface area contributed by atoms with Crippen LogP contribution in [0.5, 0.6) is 11.5 Å². The number of nitrogens with zero attached hydrogens (tertiary/aromatic N) is 2. The smallest absolute Gasteiger partial charge is 0.141 e. The number of aromatic nitrogens is 2. The summed E-state index contributed by atoms with van der Waals surface area (Å²) in [5.74, 6) is 1.22. The zero-order chi connectivity index (χ0) is 17.1. The summed E-state index contributed by atoms with van der Waals surface area (Å²) in [6.07, 6.45) is 3.88. The first-order valence-electron chi connectivity index (χ1n) is 7.51. The fourth-order valence-electron chi connectivity index (χ4n) is 2.50. The van der Waals surface area contributed by atoms with Crippen LogP contribution in [0.15, 0.2) is 36.7 Å². The van der Waals surface area contributed by atoms with Gasteiger partial charge in [-0.05, 0) is 12.1 Å². The zero-order valence-electron chi connectivity index (χ0n) is 14.4. The lowest BCUT2D eigenvalue weighted by molar-refractivity contribution is 0.395. The highest BCUT2D eigenvalue weighted by atomic mass is 35.5. The Kier molecular flexibility index (Phi) is 8.30. The molecule has 0 fully saturated rings. The summed E-state index contributed by atoms with van der Waals surface area (Å²) in [4.78, 5) is 4.67. The average molecular weight is 420 g/mol. The molecule has 2 heterocycles. The van der Waals surface area contributed by atoms with Crippen molar-refractivity contribution in [3.05, 3.63) is 41.7 Å². The third kappa shape index (κ3) is 4.45. The normalized spacial score (nSPS) is 10.0. The highest BCUT2D eigenvalue weighted by Gasteiger charge is 2.14. The molecule has 0 aliphatic carbocycles. The van der Waals surface area contributed by atoms with Crippen LogP contribution in [0.25, 0.3) is 16.9 Å². The number of hydrogen-bond donors (Lipinski definition) is 2. The SMILES string of the molecule is COc1cc(OC)c(-c2cn3ccc(NCCN)cc3n2)cc1Cl.Cl.Cl. The van der Waals surface area contributed by atoms with Crippen LogP contribution in [0.4, 0.5) is 5.69 Å². The second-order valence-electron chi connectivity index (χ2n) is 5.21. The molecule has 0 amide bonds. The number of fused-ring (bicyclic) bond motifs is 1. The Morgan fingerprint density at radius 3 is 2.54 bits per heavy atom. The molecule has 26 heavy (non-hydrogen) atoms. The van der Waals surface area contributed by atoms with Gasteiger partial charge < -0.3 is 24.9 Å². The van der Waals surface area contributed by atoms with E-state index in [1.807, 2.05) is 28.9 Å². The topological polar surface area (TPSA) is 73.8 Å². The van der Waals surface area contributed by atoms with Crippen LogP contribution < -0.4 is 20.5 Å². The number of ether oxygens (including phenoxy) is 2. The predicted octanol–water partition coefficient (Wildman–Crippen LogP) is 3.89. The third-order valence-electron chi connectivity index (χ3n) is 3.68. The van der Waals surface area contributed by atoms with Crippen LogP contribution in [0.3, 0.4) is 0 Å². The minimum atomic E-state index is 0. The van der Waals surface area contributed by atoms with Crippen LogP contribution in [0.1, 0.15) is 0 Å². The molecular formula is C17H21Cl3N4O2. The van der Waals surface area contributed by atoms with Gasteiger partial charge in [-0.25, -0.2) is 4.98 Å². The maximum absolute atomic E-state index is 6.25. The monoisotopic (exact) mass is 418 g/mol. The van der Waals surface area contributed by atoms with E-state index in [1.54, 1.807) is 26.4 Å². The van der Waals surface area contributed by atoms with Crippen LogP contribution in [-0.2, 0) is 0 Å². The Morgan fingerprint density at radius 1 is 1.15 bits per heavy atom. The third-order valence-corrected chi connectivity index (χ3v) is 3.98. The number of methoxy groups -OCH3 is 2. The molecule has 1 aromatic carbocycles. The molecule has 0 saturated heterocycles. The number of imidazole rings is 1. The van der Waals surface area contributed by atoms with Crippen molar-refractivity contribution < 1.29 is 9.47 Å².